The number of benzene rings is 1. The number of nitrogens with one attached hydrogen (secondary N) is 1. The van der Waals surface area contributed by atoms with Gasteiger partial charge < -0.3 is 14.8 Å². The zero-order valence-electron chi connectivity index (χ0n) is 18.7. The fourth-order valence-electron chi connectivity index (χ4n) is 3.49. The van der Waals surface area contributed by atoms with Crippen molar-refractivity contribution >= 4 is 23.2 Å². The molecule has 1 amide bonds. The Bertz CT molecular complexity index is 1100. The van der Waals surface area contributed by atoms with E-state index in [9.17, 15) is 4.79 Å². The molecule has 2 heterocycles. The Hall–Kier alpha value is -3.00. The SMILES string of the molecule is COc1ccc(Cn2nc(C)c(NC(=O)CCn3nc(C)c(Cl)c3C)c2C)cc1OC. The number of aromatic nitrogens is 4. The summed E-state index contributed by atoms with van der Waals surface area (Å²) in [6, 6.07) is 5.76. The molecule has 0 saturated carbocycles. The molecule has 0 aliphatic rings. The number of aryl methyl sites for hydroxylation is 3. The topological polar surface area (TPSA) is 83.2 Å². The number of carbonyl (C=O) groups is 1. The van der Waals surface area contributed by atoms with E-state index >= 15 is 0 Å². The molecule has 3 aromatic rings. The lowest BCUT2D eigenvalue weighted by atomic mass is 10.2. The second kappa shape index (κ2) is 9.43. The lowest BCUT2D eigenvalue weighted by molar-refractivity contribution is -0.116. The minimum atomic E-state index is -0.0967. The zero-order valence-corrected chi connectivity index (χ0v) is 19.5. The highest BCUT2D eigenvalue weighted by Gasteiger charge is 2.16. The summed E-state index contributed by atoms with van der Waals surface area (Å²) in [7, 11) is 3.22. The van der Waals surface area contributed by atoms with E-state index in [1.165, 1.54) is 0 Å². The number of amides is 1. The van der Waals surface area contributed by atoms with E-state index in [-0.39, 0.29) is 12.3 Å². The number of ether oxygens (including phenoxy) is 2. The van der Waals surface area contributed by atoms with Gasteiger partial charge in [-0.15, -0.1) is 0 Å². The van der Waals surface area contributed by atoms with Gasteiger partial charge >= 0.3 is 0 Å². The number of nitrogens with zero attached hydrogens (tertiary/aromatic N) is 4. The van der Waals surface area contributed by atoms with Crippen LogP contribution in [0.4, 0.5) is 5.69 Å². The molecular formula is C22H28ClN5O3. The number of anilines is 1. The zero-order chi connectivity index (χ0) is 22.7. The van der Waals surface area contributed by atoms with Crippen molar-refractivity contribution in [2.75, 3.05) is 19.5 Å². The van der Waals surface area contributed by atoms with Crippen molar-refractivity contribution in [3.05, 3.63) is 51.6 Å². The Balaban J connectivity index is 1.69. The van der Waals surface area contributed by atoms with E-state index in [0.717, 1.165) is 34.0 Å². The summed E-state index contributed by atoms with van der Waals surface area (Å²) in [5, 5.41) is 12.6. The van der Waals surface area contributed by atoms with Crippen LogP contribution in [0.15, 0.2) is 18.2 Å². The Labute approximate surface area is 187 Å². The molecule has 0 atom stereocenters. The van der Waals surface area contributed by atoms with Crippen LogP contribution in [0.2, 0.25) is 5.02 Å². The van der Waals surface area contributed by atoms with Crippen molar-refractivity contribution in [1.29, 1.82) is 0 Å². The number of methoxy groups -OCH3 is 2. The molecule has 0 fully saturated rings. The van der Waals surface area contributed by atoms with Crippen molar-refractivity contribution in [2.24, 2.45) is 0 Å². The molecule has 0 aliphatic heterocycles. The lowest BCUT2D eigenvalue weighted by Crippen LogP contribution is -2.16. The van der Waals surface area contributed by atoms with Crippen LogP contribution >= 0.6 is 11.6 Å². The maximum absolute atomic E-state index is 12.6. The summed E-state index contributed by atoms with van der Waals surface area (Å²) < 4.78 is 14.3. The summed E-state index contributed by atoms with van der Waals surface area (Å²) in [5.74, 6) is 1.25. The molecule has 0 radical (unpaired) electrons. The van der Waals surface area contributed by atoms with Crippen LogP contribution in [0, 0.1) is 27.7 Å². The molecule has 8 nitrogen and oxygen atoms in total. The minimum Gasteiger partial charge on any atom is -0.493 e. The highest BCUT2D eigenvalue weighted by atomic mass is 35.5. The van der Waals surface area contributed by atoms with Crippen LogP contribution in [0.25, 0.3) is 0 Å². The molecule has 3 rings (SSSR count). The van der Waals surface area contributed by atoms with E-state index in [1.807, 2.05) is 50.6 Å². The second-order valence-corrected chi connectivity index (χ2v) is 7.78. The quantitative estimate of drug-likeness (QED) is 0.565. The van der Waals surface area contributed by atoms with Gasteiger partial charge in [-0.05, 0) is 45.4 Å². The molecule has 166 valence electrons. The largest absolute Gasteiger partial charge is 0.493 e. The Morgan fingerprint density at radius 1 is 1.00 bits per heavy atom. The van der Waals surface area contributed by atoms with Gasteiger partial charge in [0.25, 0.3) is 0 Å². The normalized spacial score (nSPS) is 10.9. The Morgan fingerprint density at radius 3 is 2.29 bits per heavy atom. The van der Waals surface area contributed by atoms with Crippen LogP contribution < -0.4 is 14.8 Å². The third kappa shape index (κ3) is 4.85. The molecule has 2 aromatic heterocycles. The summed E-state index contributed by atoms with van der Waals surface area (Å²) >= 11 is 6.18. The average molecular weight is 446 g/mol. The molecule has 0 aliphatic carbocycles. The van der Waals surface area contributed by atoms with E-state index in [2.05, 4.69) is 15.5 Å². The standard InChI is InChI=1S/C22H28ClN5O3/c1-13-21(23)15(3)27(25-13)10-9-20(29)24-22-14(2)26-28(16(22)4)12-17-7-8-18(30-5)19(11-17)31-6/h7-8,11H,9-10,12H2,1-6H3,(H,24,29). The maximum atomic E-state index is 12.6. The third-order valence-corrected chi connectivity index (χ3v) is 5.82. The van der Waals surface area contributed by atoms with Gasteiger partial charge in [0.1, 0.15) is 0 Å². The molecule has 0 saturated heterocycles. The van der Waals surface area contributed by atoms with Gasteiger partial charge in [0.2, 0.25) is 5.91 Å². The first-order chi connectivity index (χ1) is 14.7. The minimum absolute atomic E-state index is 0.0967. The summed E-state index contributed by atoms with van der Waals surface area (Å²) in [5.41, 5.74) is 5.03. The fourth-order valence-corrected chi connectivity index (χ4v) is 3.62. The molecule has 0 spiro atoms. The molecule has 0 bridgehead atoms. The summed E-state index contributed by atoms with van der Waals surface area (Å²) in [6.07, 6.45) is 0.290. The van der Waals surface area contributed by atoms with Gasteiger partial charge in [0.15, 0.2) is 11.5 Å². The number of carbonyl (C=O) groups excluding carboxylic acids is 1. The van der Waals surface area contributed by atoms with Crippen LogP contribution in [-0.4, -0.2) is 39.7 Å². The third-order valence-electron chi connectivity index (χ3n) is 5.27. The number of hydrogen-bond acceptors (Lipinski definition) is 5. The molecule has 1 aromatic carbocycles. The van der Waals surface area contributed by atoms with Gasteiger partial charge in [0, 0.05) is 6.42 Å². The fraction of sp³-hybridized carbons (Fsp3) is 0.409. The molecule has 0 unspecified atom stereocenters. The van der Waals surface area contributed by atoms with Crippen molar-refractivity contribution in [3.8, 4) is 11.5 Å². The first-order valence-corrected chi connectivity index (χ1v) is 10.4. The number of rotatable bonds is 8. The van der Waals surface area contributed by atoms with Crippen molar-refractivity contribution in [3.63, 3.8) is 0 Å². The lowest BCUT2D eigenvalue weighted by Gasteiger charge is -2.11. The number of halogens is 1. The van der Waals surface area contributed by atoms with Gasteiger partial charge in [-0.1, -0.05) is 17.7 Å². The van der Waals surface area contributed by atoms with Gasteiger partial charge in [-0.2, -0.15) is 10.2 Å². The smallest absolute Gasteiger partial charge is 0.226 e. The van der Waals surface area contributed by atoms with Gasteiger partial charge in [-0.25, -0.2) is 0 Å². The Morgan fingerprint density at radius 2 is 1.68 bits per heavy atom. The van der Waals surface area contributed by atoms with Gasteiger partial charge in [0.05, 0.1) is 60.8 Å². The van der Waals surface area contributed by atoms with Crippen molar-refractivity contribution < 1.29 is 14.3 Å². The summed E-state index contributed by atoms with van der Waals surface area (Å²) in [6.45, 7) is 8.58. The predicted octanol–water partition coefficient (Wildman–Crippen LogP) is 4.06. The monoisotopic (exact) mass is 445 g/mol. The van der Waals surface area contributed by atoms with E-state index in [4.69, 9.17) is 21.1 Å². The first kappa shape index (κ1) is 22.7. The van der Waals surface area contributed by atoms with Crippen LogP contribution in [0.1, 0.15) is 34.8 Å². The molecule has 31 heavy (non-hydrogen) atoms. The van der Waals surface area contributed by atoms with Crippen molar-refractivity contribution in [1.82, 2.24) is 19.6 Å². The molecule has 1 N–H and O–H groups in total. The van der Waals surface area contributed by atoms with Crippen LogP contribution in [0.3, 0.4) is 0 Å². The molecular weight excluding hydrogens is 418 g/mol. The number of hydrogen-bond donors (Lipinski definition) is 1. The van der Waals surface area contributed by atoms with E-state index in [0.29, 0.717) is 29.6 Å². The maximum Gasteiger partial charge on any atom is 0.226 e. The van der Waals surface area contributed by atoms with Crippen LogP contribution in [-0.2, 0) is 17.9 Å². The molecule has 9 heteroatoms. The summed E-state index contributed by atoms with van der Waals surface area (Å²) in [4.78, 5) is 12.6. The predicted molar refractivity (Wildman–Crippen MR) is 120 cm³/mol. The van der Waals surface area contributed by atoms with Crippen molar-refractivity contribution in [2.45, 2.75) is 47.2 Å². The first-order valence-electron chi connectivity index (χ1n) is 9.99. The van der Waals surface area contributed by atoms with Gasteiger partial charge in [-0.3, -0.25) is 14.2 Å². The highest BCUT2D eigenvalue weighted by molar-refractivity contribution is 6.31. The highest BCUT2D eigenvalue weighted by Crippen LogP contribution is 2.28. The van der Waals surface area contributed by atoms with E-state index < -0.39 is 0 Å². The Kier molecular flexibility index (Phi) is 6.90. The van der Waals surface area contributed by atoms with E-state index in [1.54, 1.807) is 18.9 Å². The second-order valence-electron chi connectivity index (χ2n) is 7.40. The average Bonchev–Trinajstić information content (AvgIpc) is 3.16. The van der Waals surface area contributed by atoms with Crippen LogP contribution in [0.5, 0.6) is 11.5 Å².